The highest BCUT2D eigenvalue weighted by atomic mass is 32.2. The van der Waals surface area contributed by atoms with Gasteiger partial charge in [-0.25, -0.2) is 0 Å². The van der Waals surface area contributed by atoms with Crippen molar-refractivity contribution in [2.75, 3.05) is 6.26 Å². The van der Waals surface area contributed by atoms with Crippen molar-refractivity contribution in [1.82, 2.24) is 0 Å². The predicted molar refractivity (Wildman–Crippen MR) is 45.4 cm³/mol. The third kappa shape index (κ3) is 1.60. The quantitative estimate of drug-likeness (QED) is 0.554. The summed E-state index contributed by atoms with van der Waals surface area (Å²) in [4.78, 5) is 22.6. The Labute approximate surface area is 69.4 Å². The molecule has 0 N–H and O–H groups in total. The van der Waals surface area contributed by atoms with Gasteiger partial charge in [-0.1, -0.05) is 0 Å². The molecule has 58 valence electrons. The van der Waals surface area contributed by atoms with Crippen LogP contribution >= 0.6 is 11.8 Å². The number of allylic oxidation sites excluding steroid dienone is 4. The van der Waals surface area contributed by atoms with Gasteiger partial charge in [0.05, 0.1) is 4.91 Å². The van der Waals surface area contributed by atoms with Crippen LogP contribution in [0.3, 0.4) is 0 Å². The highest BCUT2D eigenvalue weighted by Crippen LogP contribution is 2.20. The topological polar surface area (TPSA) is 34.1 Å². The van der Waals surface area contributed by atoms with Crippen LogP contribution in [0.15, 0.2) is 22.6 Å². The summed E-state index contributed by atoms with van der Waals surface area (Å²) in [7, 11) is 0. The Kier molecular flexibility index (Phi) is 2.29. The van der Waals surface area contributed by atoms with Crippen LogP contribution in [0.2, 0.25) is 0 Å². The van der Waals surface area contributed by atoms with Gasteiger partial charge in [0.15, 0.2) is 11.6 Å². The van der Waals surface area contributed by atoms with Crippen LogP contribution in [0.25, 0.3) is 0 Å². The van der Waals surface area contributed by atoms with Crippen molar-refractivity contribution >= 4 is 23.3 Å². The van der Waals surface area contributed by atoms with E-state index in [4.69, 9.17) is 0 Å². The average molecular weight is 168 g/mol. The molecule has 0 atom stereocenters. The molecule has 0 aliphatic heterocycles. The molecule has 0 saturated heterocycles. The first-order chi connectivity index (χ1) is 5.15. The normalized spacial score (nSPS) is 18.0. The first-order valence-electron chi connectivity index (χ1n) is 3.18. The van der Waals surface area contributed by atoms with Gasteiger partial charge in [-0.15, -0.1) is 11.8 Å². The van der Waals surface area contributed by atoms with Gasteiger partial charge in [0.2, 0.25) is 0 Å². The Hall–Kier alpha value is -0.830. The van der Waals surface area contributed by atoms with Gasteiger partial charge in [-0.2, -0.15) is 0 Å². The molecular weight excluding hydrogens is 160 g/mol. The summed E-state index contributed by atoms with van der Waals surface area (Å²) >= 11 is 1.31. The summed E-state index contributed by atoms with van der Waals surface area (Å²) in [6, 6.07) is 0. The lowest BCUT2D eigenvalue weighted by Crippen LogP contribution is -2.09. The standard InChI is InChI=1S/C8H8O2S/c1-5-3-6(9)4-7(11-2)8(5)10/h3-4H,1-2H3. The van der Waals surface area contributed by atoms with Crippen molar-refractivity contribution in [3.05, 3.63) is 22.6 Å². The second-order valence-electron chi connectivity index (χ2n) is 2.27. The van der Waals surface area contributed by atoms with Crippen LogP contribution in [0.1, 0.15) is 6.92 Å². The van der Waals surface area contributed by atoms with Crippen molar-refractivity contribution < 1.29 is 9.59 Å². The second-order valence-corrected chi connectivity index (χ2v) is 3.12. The van der Waals surface area contributed by atoms with Crippen molar-refractivity contribution in [1.29, 1.82) is 0 Å². The number of Topliss-reactive ketones (excluding diaryl/α,β-unsaturated/α-hetero) is 1. The van der Waals surface area contributed by atoms with E-state index in [0.29, 0.717) is 10.5 Å². The van der Waals surface area contributed by atoms with E-state index in [0.717, 1.165) is 0 Å². The van der Waals surface area contributed by atoms with Gasteiger partial charge in [-0.05, 0) is 19.3 Å². The third-order valence-corrected chi connectivity index (χ3v) is 2.18. The van der Waals surface area contributed by atoms with Crippen LogP contribution in [0.4, 0.5) is 0 Å². The van der Waals surface area contributed by atoms with E-state index in [1.807, 2.05) is 0 Å². The minimum Gasteiger partial charge on any atom is -0.290 e. The number of ketones is 2. The number of hydrogen-bond donors (Lipinski definition) is 0. The van der Waals surface area contributed by atoms with E-state index in [9.17, 15) is 9.59 Å². The zero-order valence-electron chi connectivity index (χ0n) is 6.38. The van der Waals surface area contributed by atoms with Gasteiger partial charge in [0.1, 0.15) is 0 Å². The molecule has 0 unspecified atom stereocenters. The lowest BCUT2D eigenvalue weighted by Gasteiger charge is -2.06. The summed E-state index contributed by atoms with van der Waals surface area (Å²) in [5.41, 5.74) is 0.529. The molecule has 0 aromatic carbocycles. The van der Waals surface area contributed by atoms with E-state index in [1.165, 1.54) is 23.9 Å². The monoisotopic (exact) mass is 168 g/mol. The van der Waals surface area contributed by atoms with Crippen molar-refractivity contribution in [2.24, 2.45) is 0 Å². The maximum atomic E-state index is 11.2. The molecule has 11 heavy (non-hydrogen) atoms. The first-order valence-corrected chi connectivity index (χ1v) is 4.40. The van der Waals surface area contributed by atoms with Gasteiger partial charge in [0, 0.05) is 11.6 Å². The van der Waals surface area contributed by atoms with Gasteiger partial charge >= 0.3 is 0 Å². The van der Waals surface area contributed by atoms with E-state index in [1.54, 1.807) is 13.2 Å². The Morgan fingerprint density at radius 2 is 1.91 bits per heavy atom. The maximum Gasteiger partial charge on any atom is 0.195 e. The van der Waals surface area contributed by atoms with Crippen molar-refractivity contribution in [3.63, 3.8) is 0 Å². The molecule has 0 saturated carbocycles. The van der Waals surface area contributed by atoms with E-state index in [-0.39, 0.29) is 11.6 Å². The Morgan fingerprint density at radius 1 is 1.27 bits per heavy atom. The number of thioether (sulfide) groups is 1. The Bertz CT molecular complexity index is 274. The number of rotatable bonds is 1. The molecule has 1 rings (SSSR count). The summed E-state index contributed by atoms with van der Waals surface area (Å²) < 4.78 is 0. The van der Waals surface area contributed by atoms with Gasteiger partial charge in [0.25, 0.3) is 0 Å². The molecule has 0 spiro atoms. The van der Waals surface area contributed by atoms with E-state index >= 15 is 0 Å². The lowest BCUT2D eigenvalue weighted by atomic mass is 10.1. The molecule has 0 amide bonds. The Balaban J connectivity index is 3.00. The number of carbonyl (C=O) groups is 2. The van der Waals surface area contributed by atoms with E-state index in [2.05, 4.69) is 0 Å². The van der Waals surface area contributed by atoms with Crippen LogP contribution in [-0.4, -0.2) is 17.8 Å². The smallest absolute Gasteiger partial charge is 0.195 e. The first kappa shape index (κ1) is 8.27. The van der Waals surface area contributed by atoms with Crippen LogP contribution < -0.4 is 0 Å². The largest absolute Gasteiger partial charge is 0.290 e. The number of carbonyl (C=O) groups excluding carboxylic acids is 2. The molecule has 3 heteroatoms. The summed E-state index contributed by atoms with van der Waals surface area (Å²) in [5, 5.41) is 0. The molecule has 1 aliphatic carbocycles. The highest BCUT2D eigenvalue weighted by molar-refractivity contribution is 8.03. The summed E-state index contributed by atoms with van der Waals surface area (Å²) in [6.07, 6.45) is 4.53. The predicted octanol–water partition coefficient (Wildman–Crippen LogP) is 1.33. The molecule has 2 nitrogen and oxygen atoms in total. The number of hydrogen-bond acceptors (Lipinski definition) is 3. The van der Waals surface area contributed by atoms with Crippen molar-refractivity contribution in [2.45, 2.75) is 6.92 Å². The molecule has 0 fully saturated rings. The van der Waals surface area contributed by atoms with E-state index < -0.39 is 0 Å². The van der Waals surface area contributed by atoms with Crippen LogP contribution in [0.5, 0.6) is 0 Å². The zero-order valence-corrected chi connectivity index (χ0v) is 7.20. The fraction of sp³-hybridized carbons (Fsp3) is 0.250. The SMILES string of the molecule is CSC1=CC(=O)C=C(C)C1=O. The molecule has 0 aromatic rings. The zero-order chi connectivity index (χ0) is 8.43. The second kappa shape index (κ2) is 3.05. The molecule has 0 heterocycles. The molecule has 0 bridgehead atoms. The highest BCUT2D eigenvalue weighted by Gasteiger charge is 2.16. The average Bonchev–Trinajstić information content (AvgIpc) is 1.96. The molecule has 0 radical (unpaired) electrons. The van der Waals surface area contributed by atoms with Gasteiger partial charge < -0.3 is 0 Å². The van der Waals surface area contributed by atoms with Crippen LogP contribution in [0, 0.1) is 0 Å². The van der Waals surface area contributed by atoms with Gasteiger partial charge in [-0.3, -0.25) is 9.59 Å². The Morgan fingerprint density at radius 3 is 2.45 bits per heavy atom. The van der Waals surface area contributed by atoms with Crippen LogP contribution in [-0.2, 0) is 9.59 Å². The minimum absolute atomic E-state index is 0.0305. The summed E-state index contributed by atoms with van der Waals surface area (Å²) in [6.45, 7) is 1.66. The minimum atomic E-state index is -0.0912. The lowest BCUT2D eigenvalue weighted by molar-refractivity contribution is -0.114. The molecule has 0 aromatic heterocycles. The maximum absolute atomic E-state index is 11.2. The fourth-order valence-corrected chi connectivity index (χ4v) is 1.44. The fourth-order valence-electron chi connectivity index (χ4n) is 0.861. The third-order valence-electron chi connectivity index (χ3n) is 1.43. The molecule has 1 aliphatic rings. The summed E-state index contributed by atoms with van der Waals surface area (Å²) in [5.74, 6) is -0.122. The van der Waals surface area contributed by atoms with Crippen molar-refractivity contribution in [3.8, 4) is 0 Å². The molecular formula is C8H8O2S.